The van der Waals surface area contributed by atoms with Crippen LogP contribution in [0.4, 0.5) is 0 Å². The molecule has 0 aliphatic heterocycles. The Morgan fingerprint density at radius 1 is 1.46 bits per heavy atom. The monoisotopic (exact) mass is 207 g/mol. The van der Waals surface area contributed by atoms with Gasteiger partial charge in [0.1, 0.15) is 0 Å². The first-order valence-corrected chi connectivity index (χ1v) is 5.31. The van der Waals surface area contributed by atoms with Gasteiger partial charge in [0.2, 0.25) is 0 Å². The number of nitrogens with two attached hydrogens (primary N) is 1. The predicted molar refractivity (Wildman–Crippen MR) is 58.2 cm³/mol. The van der Waals surface area contributed by atoms with Gasteiger partial charge >= 0.3 is 0 Å². The molecule has 13 heavy (non-hydrogen) atoms. The van der Waals surface area contributed by atoms with Crippen LogP contribution in [0, 0.1) is 0 Å². The molecule has 0 fully saturated rings. The van der Waals surface area contributed by atoms with Gasteiger partial charge in [0.05, 0.1) is 6.10 Å². The van der Waals surface area contributed by atoms with Crippen LogP contribution < -0.4 is 5.73 Å². The zero-order chi connectivity index (χ0) is 10.3. The molecule has 0 saturated carbocycles. The zero-order valence-electron chi connectivity index (χ0n) is 8.73. The minimum Gasteiger partial charge on any atom is -0.392 e. The topological polar surface area (TPSA) is 52.7 Å². The summed E-state index contributed by atoms with van der Waals surface area (Å²) < 4.78 is 4.12. The van der Waals surface area contributed by atoms with Crippen molar-refractivity contribution in [3.63, 3.8) is 0 Å². The van der Waals surface area contributed by atoms with E-state index in [0.717, 1.165) is 6.54 Å². The summed E-state index contributed by atoms with van der Waals surface area (Å²) in [5, 5.41) is 9.51. The van der Waals surface area contributed by atoms with Crippen molar-refractivity contribution in [2.45, 2.75) is 19.4 Å². The van der Waals surface area contributed by atoms with Crippen LogP contribution in [0.2, 0.25) is 0 Å². The maximum absolute atomic E-state index is 9.51. The lowest BCUT2D eigenvalue weighted by Gasteiger charge is -2.24. The summed E-state index contributed by atoms with van der Waals surface area (Å²) in [5.74, 6) is 0. The number of aliphatic hydroxyl groups excluding tert-OH is 1. The second kappa shape index (κ2) is 7.58. The van der Waals surface area contributed by atoms with Crippen LogP contribution in [0.15, 0.2) is 0 Å². The second-order valence-corrected chi connectivity index (χ2v) is 4.52. The number of nitrogens with zero attached hydrogens (tertiary/aromatic N) is 2. The molecule has 0 radical (unpaired) electrons. The van der Waals surface area contributed by atoms with Crippen molar-refractivity contribution in [3.8, 4) is 0 Å². The first-order valence-electron chi connectivity index (χ1n) is 4.58. The van der Waals surface area contributed by atoms with E-state index >= 15 is 0 Å². The van der Waals surface area contributed by atoms with E-state index in [4.69, 9.17) is 5.73 Å². The van der Waals surface area contributed by atoms with Crippen molar-refractivity contribution in [1.29, 1.82) is 0 Å². The summed E-state index contributed by atoms with van der Waals surface area (Å²) in [6, 6.07) is 0. The third kappa shape index (κ3) is 7.28. The van der Waals surface area contributed by atoms with Gasteiger partial charge in [0, 0.05) is 25.2 Å². The zero-order valence-corrected chi connectivity index (χ0v) is 9.55. The molecule has 1 atom stereocenters. The highest BCUT2D eigenvalue weighted by Crippen LogP contribution is 2.12. The van der Waals surface area contributed by atoms with Crippen molar-refractivity contribution in [2.24, 2.45) is 5.73 Å². The molecule has 0 saturated heterocycles. The van der Waals surface area contributed by atoms with Crippen LogP contribution in [0.1, 0.15) is 13.3 Å². The third-order valence-electron chi connectivity index (χ3n) is 1.55. The maximum Gasteiger partial charge on any atom is 0.0689 e. The molecule has 1 unspecified atom stereocenters. The Labute approximate surface area is 85.3 Å². The van der Waals surface area contributed by atoms with E-state index in [1.807, 2.05) is 18.4 Å². The van der Waals surface area contributed by atoms with Crippen LogP contribution in [-0.4, -0.2) is 53.6 Å². The Morgan fingerprint density at radius 3 is 2.46 bits per heavy atom. The Hall–Kier alpha value is 0.190. The number of hydrogen-bond donors (Lipinski definition) is 2. The molecule has 3 N–H and O–H groups in total. The van der Waals surface area contributed by atoms with Gasteiger partial charge in [-0.3, -0.25) is 0 Å². The molecule has 0 aromatic heterocycles. The molecule has 0 amide bonds. The van der Waals surface area contributed by atoms with Crippen LogP contribution in [0.5, 0.6) is 0 Å². The molecule has 4 nitrogen and oxygen atoms in total. The van der Waals surface area contributed by atoms with Crippen molar-refractivity contribution in [1.82, 2.24) is 8.61 Å². The summed E-state index contributed by atoms with van der Waals surface area (Å²) in [7, 11) is 3.98. The Bertz CT molecular complexity index is 124. The molecule has 0 aromatic carbocycles. The fraction of sp³-hybridized carbons (Fsp3) is 1.00. The van der Waals surface area contributed by atoms with Gasteiger partial charge < -0.3 is 10.8 Å². The van der Waals surface area contributed by atoms with E-state index in [1.165, 1.54) is 0 Å². The first-order chi connectivity index (χ1) is 6.10. The number of aliphatic hydroxyl groups is 1. The van der Waals surface area contributed by atoms with E-state index in [1.54, 1.807) is 12.1 Å². The largest absolute Gasteiger partial charge is 0.392 e. The van der Waals surface area contributed by atoms with Crippen molar-refractivity contribution in [3.05, 3.63) is 0 Å². The summed E-state index contributed by atoms with van der Waals surface area (Å²) >= 11 is 1.62. The quantitative estimate of drug-likeness (QED) is 0.582. The molecular weight excluding hydrogens is 186 g/mol. The molecule has 0 bridgehead atoms. The van der Waals surface area contributed by atoms with Crippen LogP contribution in [0.3, 0.4) is 0 Å². The van der Waals surface area contributed by atoms with Gasteiger partial charge in [-0.05, 0) is 27.1 Å². The van der Waals surface area contributed by atoms with E-state index < -0.39 is 0 Å². The minimum absolute atomic E-state index is 0.308. The van der Waals surface area contributed by atoms with Crippen LogP contribution in [-0.2, 0) is 0 Å². The number of likely N-dealkylation sites (N-methyl/N-ethyl adjacent to an activating group) is 1. The number of rotatable bonds is 7. The lowest BCUT2D eigenvalue weighted by molar-refractivity contribution is 0.143. The SMILES string of the molecule is CCN(CC(O)CCN)SN(C)C. The highest BCUT2D eigenvalue weighted by Gasteiger charge is 2.10. The molecule has 0 aliphatic rings. The van der Waals surface area contributed by atoms with E-state index in [9.17, 15) is 5.11 Å². The molecular formula is C8H21N3OS. The van der Waals surface area contributed by atoms with E-state index in [-0.39, 0.29) is 6.10 Å². The highest BCUT2D eigenvalue weighted by molar-refractivity contribution is 7.94. The van der Waals surface area contributed by atoms with Gasteiger partial charge in [-0.2, -0.15) is 0 Å². The molecule has 5 heteroatoms. The van der Waals surface area contributed by atoms with Gasteiger partial charge in [-0.25, -0.2) is 8.61 Å². The fourth-order valence-electron chi connectivity index (χ4n) is 0.970. The van der Waals surface area contributed by atoms with Gasteiger partial charge in [-0.1, -0.05) is 6.92 Å². The van der Waals surface area contributed by atoms with E-state index in [0.29, 0.717) is 19.5 Å². The normalized spacial score (nSPS) is 14.1. The standard InChI is InChI=1S/C8H21N3OS/c1-4-11(13-10(2)3)7-8(12)5-6-9/h8,12H,4-7,9H2,1-3H3. The van der Waals surface area contributed by atoms with Crippen LogP contribution in [0.25, 0.3) is 0 Å². The Morgan fingerprint density at radius 2 is 2.08 bits per heavy atom. The van der Waals surface area contributed by atoms with Crippen molar-refractivity contribution >= 4 is 12.1 Å². The fourth-order valence-corrected chi connectivity index (χ4v) is 1.79. The summed E-state index contributed by atoms with van der Waals surface area (Å²) in [6.45, 7) is 4.22. The minimum atomic E-state index is -0.308. The lowest BCUT2D eigenvalue weighted by atomic mass is 10.2. The van der Waals surface area contributed by atoms with Gasteiger partial charge in [0.25, 0.3) is 0 Å². The van der Waals surface area contributed by atoms with Crippen LogP contribution >= 0.6 is 12.1 Å². The number of hydrogen-bond acceptors (Lipinski definition) is 5. The average Bonchev–Trinajstić information content (AvgIpc) is 2.02. The summed E-state index contributed by atoms with van der Waals surface area (Å²) in [4.78, 5) is 0. The molecule has 0 spiro atoms. The maximum atomic E-state index is 9.51. The van der Waals surface area contributed by atoms with Crippen molar-refractivity contribution in [2.75, 3.05) is 33.7 Å². The summed E-state index contributed by atoms with van der Waals surface area (Å²) in [5.41, 5.74) is 5.35. The predicted octanol–water partition coefficient (Wildman–Crippen LogP) is 0.143. The average molecular weight is 207 g/mol. The molecule has 0 aromatic rings. The molecule has 0 heterocycles. The van der Waals surface area contributed by atoms with Gasteiger partial charge in [0.15, 0.2) is 0 Å². The summed E-state index contributed by atoms with van der Waals surface area (Å²) in [6.07, 6.45) is 0.363. The molecule has 0 rings (SSSR count). The molecule has 80 valence electrons. The Kier molecular flexibility index (Phi) is 7.69. The Balaban J connectivity index is 3.69. The third-order valence-corrected chi connectivity index (χ3v) is 2.51. The van der Waals surface area contributed by atoms with E-state index in [2.05, 4.69) is 11.2 Å². The first kappa shape index (κ1) is 13.2. The lowest BCUT2D eigenvalue weighted by Crippen LogP contribution is -2.30. The smallest absolute Gasteiger partial charge is 0.0689 e. The van der Waals surface area contributed by atoms with Gasteiger partial charge in [-0.15, -0.1) is 0 Å². The van der Waals surface area contributed by atoms with Crippen molar-refractivity contribution < 1.29 is 5.11 Å². The highest BCUT2D eigenvalue weighted by atomic mass is 32.2. The second-order valence-electron chi connectivity index (χ2n) is 3.11. The molecule has 0 aliphatic carbocycles.